The van der Waals surface area contributed by atoms with E-state index in [4.69, 9.17) is 5.11 Å². The van der Waals surface area contributed by atoms with Crippen molar-refractivity contribution in [3.05, 3.63) is 23.8 Å². The minimum absolute atomic E-state index is 0. The summed E-state index contributed by atoms with van der Waals surface area (Å²) in [6.07, 6.45) is 0. The minimum atomic E-state index is 0. The van der Waals surface area contributed by atoms with E-state index in [2.05, 4.69) is 6.07 Å². The van der Waals surface area contributed by atoms with Crippen LogP contribution in [0.4, 0.5) is 0 Å². The largest absolute Gasteiger partial charge is 1.00 e. The van der Waals surface area contributed by atoms with Gasteiger partial charge in [0.1, 0.15) is 0 Å². The number of phenols is 2. The van der Waals surface area contributed by atoms with Gasteiger partial charge in [0.2, 0.25) is 0 Å². The van der Waals surface area contributed by atoms with Crippen LogP contribution in [-0.4, -0.2) is 10.2 Å². The topological polar surface area (TPSA) is 40.5 Å². The first-order chi connectivity index (χ1) is 5.11. The van der Waals surface area contributed by atoms with Crippen LogP contribution < -0.4 is 51.4 Å². The molecule has 0 saturated heterocycles. The molecule has 0 bridgehead atoms. The Bertz CT molecular complexity index is 259. The zero-order chi connectivity index (χ0) is 8.43. The van der Waals surface area contributed by atoms with E-state index in [0.29, 0.717) is 0 Å². The molecule has 0 fully saturated rings. The first-order valence-corrected chi connectivity index (χ1v) is 3.55. The fourth-order valence-electron chi connectivity index (χ4n) is 0.951. The number of aromatic hydroxyl groups is 2. The van der Waals surface area contributed by atoms with E-state index < -0.39 is 0 Å². The molecule has 1 aromatic carbocycles. The molecule has 60 valence electrons. The Hall–Kier alpha value is 0.456. The standard InChI is InChI=1S/C9H11O2.K/c1-6(2)8-5-7(10)3-4-9(8)11;/h4-6,10-11H,1-2H3;/q-1;+1. The van der Waals surface area contributed by atoms with Gasteiger partial charge < -0.3 is 10.2 Å². The van der Waals surface area contributed by atoms with Gasteiger partial charge in [-0.3, -0.25) is 0 Å². The molecular weight excluding hydrogens is 179 g/mol. The van der Waals surface area contributed by atoms with Gasteiger partial charge in [-0.15, -0.1) is 23.8 Å². The molecule has 2 N–H and O–H groups in total. The fourth-order valence-corrected chi connectivity index (χ4v) is 0.951. The van der Waals surface area contributed by atoms with E-state index in [1.54, 1.807) is 0 Å². The number of phenolic OH excluding ortho intramolecular Hbond substituents is 2. The Balaban J connectivity index is 0.00000121. The van der Waals surface area contributed by atoms with Crippen LogP contribution in [0.1, 0.15) is 25.3 Å². The average Bonchev–Trinajstić information content (AvgIpc) is 1.94. The molecule has 0 atom stereocenters. The third kappa shape index (κ3) is 3.07. The van der Waals surface area contributed by atoms with Crippen molar-refractivity contribution in [2.75, 3.05) is 0 Å². The maximum Gasteiger partial charge on any atom is 1.00 e. The third-order valence-corrected chi connectivity index (χ3v) is 1.57. The Labute approximate surface area is 115 Å². The summed E-state index contributed by atoms with van der Waals surface area (Å²) >= 11 is 0. The quantitative estimate of drug-likeness (QED) is 0.340. The number of benzene rings is 1. The summed E-state index contributed by atoms with van der Waals surface area (Å²) in [5.74, 6) is 0.486. The first kappa shape index (κ1) is 12.5. The van der Waals surface area contributed by atoms with E-state index in [0.717, 1.165) is 5.56 Å². The zero-order valence-electron chi connectivity index (χ0n) is 7.63. The summed E-state index contributed by atoms with van der Waals surface area (Å²) in [5.41, 5.74) is 0.751. The van der Waals surface area contributed by atoms with Crippen LogP contribution in [0.3, 0.4) is 0 Å². The second-order valence-electron chi connectivity index (χ2n) is 2.81. The van der Waals surface area contributed by atoms with Crippen molar-refractivity contribution in [1.82, 2.24) is 0 Å². The number of hydrogen-bond acceptors (Lipinski definition) is 2. The summed E-state index contributed by atoms with van der Waals surface area (Å²) in [6.45, 7) is 3.91. The Morgan fingerprint density at radius 1 is 1.33 bits per heavy atom. The smallest absolute Gasteiger partial charge is 0.565 e. The molecule has 0 aliphatic carbocycles. The van der Waals surface area contributed by atoms with E-state index in [-0.39, 0.29) is 68.8 Å². The number of rotatable bonds is 1. The molecule has 0 aliphatic heterocycles. The summed E-state index contributed by atoms with van der Waals surface area (Å²) in [4.78, 5) is 0. The molecule has 0 unspecified atom stereocenters. The summed E-state index contributed by atoms with van der Waals surface area (Å²) in [7, 11) is 0. The first-order valence-electron chi connectivity index (χ1n) is 3.55. The normalized spacial score (nSPS) is 9.58. The second kappa shape index (κ2) is 5.24. The van der Waals surface area contributed by atoms with Crippen molar-refractivity contribution < 1.29 is 61.6 Å². The van der Waals surface area contributed by atoms with Crippen molar-refractivity contribution in [2.24, 2.45) is 0 Å². The van der Waals surface area contributed by atoms with Gasteiger partial charge in [0.25, 0.3) is 0 Å². The van der Waals surface area contributed by atoms with E-state index in [1.165, 1.54) is 12.1 Å². The third-order valence-electron chi connectivity index (χ3n) is 1.57. The van der Waals surface area contributed by atoms with Gasteiger partial charge in [0, 0.05) is 11.5 Å². The summed E-state index contributed by atoms with van der Waals surface area (Å²) in [5, 5.41) is 18.3. The van der Waals surface area contributed by atoms with Crippen molar-refractivity contribution in [1.29, 1.82) is 0 Å². The van der Waals surface area contributed by atoms with Crippen molar-refractivity contribution in [2.45, 2.75) is 19.8 Å². The predicted octanol–water partition coefficient (Wildman–Crippen LogP) is -0.975. The van der Waals surface area contributed by atoms with Gasteiger partial charge in [-0.25, -0.2) is 0 Å². The monoisotopic (exact) mass is 190 g/mol. The SMILES string of the molecule is CC(C)c1cc(O)[c-]cc1O.[K+]. The van der Waals surface area contributed by atoms with Crippen molar-refractivity contribution in [3.63, 3.8) is 0 Å². The van der Waals surface area contributed by atoms with E-state index >= 15 is 0 Å². The van der Waals surface area contributed by atoms with Gasteiger partial charge >= 0.3 is 51.4 Å². The molecule has 1 aromatic rings. The molecule has 0 radical (unpaired) electrons. The van der Waals surface area contributed by atoms with E-state index in [1.807, 2.05) is 13.8 Å². The van der Waals surface area contributed by atoms with Gasteiger partial charge in [-0.05, 0) is 5.92 Å². The molecule has 2 nitrogen and oxygen atoms in total. The van der Waals surface area contributed by atoms with Crippen molar-refractivity contribution in [3.8, 4) is 11.5 Å². The fraction of sp³-hybridized carbons (Fsp3) is 0.333. The predicted molar refractivity (Wildman–Crippen MR) is 42.7 cm³/mol. The molecule has 1 rings (SSSR count). The zero-order valence-corrected chi connectivity index (χ0v) is 10.7. The van der Waals surface area contributed by atoms with Gasteiger partial charge in [0.15, 0.2) is 0 Å². The molecule has 0 aliphatic rings. The molecule has 0 aromatic heterocycles. The van der Waals surface area contributed by atoms with Crippen LogP contribution in [0.5, 0.6) is 11.5 Å². The molecule has 0 spiro atoms. The molecule has 3 heteroatoms. The average molecular weight is 190 g/mol. The minimum Gasteiger partial charge on any atom is -0.565 e. The van der Waals surface area contributed by atoms with E-state index in [9.17, 15) is 5.11 Å². The van der Waals surface area contributed by atoms with Gasteiger partial charge in [0.05, 0.1) is 0 Å². The summed E-state index contributed by atoms with van der Waals surface area (Å²) in [6, 6.07) is 5.41. The number of hydrogen-bond donors (Lipinski definition) is 2. The maximum atomic E-state index is 9.26. The van der Waals surface area contributed by atoms with Gasteiger partial charge in [-0.2, -0.15) is 0 Å². The Morgan fingerprint density at radius 3 is 2.33 bits per heavy atom. The molecule has 12 heavy (non-hydrogen) atoms. The van der Waals surface area contributed by atoms with Crippen LogP contribution in [0.25, 0.3) is 0 Å². The van der Waals surface area contributed by atoms with Crippen LogP contribution in [-0.2, 0) is 0 Å². The van der Waals surface area contributed by atoms with Crippen LogP contribution in [0.2, 0.25) is 0 Å². The van der Waals surface area contributed by atoms with Crippen LogP contribution in [0.15, 0.2) is 12.1 Å². The molecule has 0 saturated carbocycles. The maximum absolute atomic E-state index is 9.26. The molecular formula is C9H11KO2. The molecule has 0 heterocycles. The summed E-state index contributed by atoms with van der Waals surface area (Å²) < 4.78 is 0. The van der Waals surface area contributed by atoms with Crippen LogP contribution >= 0.6 is 0 Å². The van der Waals surface area contributed by atoms with Crippen LogP contribution in [0, 0.1) is 6.07 Å². The van der Waals surface area contributed by atoms with Gasteiger partial charge in [-0.1, -0.05) is 13.8 Å². The second-order valence-corrected chi connectivity index (χ2v) is 2.81. The van der Waals surface area contributed by atoms with Crippen molar-refractivity contribution >= 4 is 0 Å². The Kier molecular flexibility index (Phi) is 5.44. The molecule has 0 amide bonds. The Morgan fingerprint density at radius 2 is 1.92 bits per heavy atom.